The van der Waals surface area contributed by atoms with Crippen LogP contribution < -0.4 is 4.90 Å². The number of anilines is 1. The third-order valence-corrected chi connectivity index (χ3v) is 5.59. The monoisotopic (exact) mass is 422 g/mol. The number of fused-ring (bicyclic) bond motifs is 1. The van der Waals surface area contributed by atoms with E-state index in [0.717, 1.165) is 13.1 Å². The largest absolute Gasteiger partial charge is 0.367 e. The summed E-state index contributed by atoms with van der Waals surface area (Å²) in [4.78, 5) is 5.31. The molecule has 2 aromatic carbocycles. The third kappa shape index (κ3) is 6.69. The van der Waals surface area contributed by atoms with Crippen LogP contribution in [0.5, 0.6) is 0 Å². The second-order valence-electron chi connectivity index (χ2n) is 7.54. The Labute approximate surface area is 184 Å². The SMILES string of the molecule is CCCN(CCC)CCN(c1ccccc1)C1CCc2ccccc2C1.Cl.Cl. The number of nitrogens with zero attached hydrogens (tertiary/aromatic N) is 2. The number of aryl methyl sites for hydroxylation is 1. The highest BCUT2D eigenvalue weighted by Crippen LogP contribution is 2.28. The normalized spacial score (nSPS) is 15.3. The van der Waals surface area contributed by atoms with Crippen molar-refractivity contribution in [2.75, 3.05) is 31.1 Å². The average Bonchev–Trinajstić information content (AvgIpc) is 2.69. The molecule has 1 atom stereocenters. The Kier molecular flexibility index (Phi) is 11.6. The molecule has 0 aromatic heterocycles. The van der Waals surface area contributed by atoms with Crippen LogP contribution in [0, 0.1) is 0 Å². The molecule has 0 bridgehead atoms. The standard InChI is InChI=1S/C24H34N2.2ClH/c1-3-16-25(17-4-2)18-19-26(23-12-6-5-7-13-23)24-15-14-21-10-8-9-11-22(21)20-24;;/h5-13,24H,3-4,14-20H2,1-2H3;2*1H. The van der Waals surface area contributed by atoms with Gasteiger partial charge in [0.15, 0.2) is 0 Å². The number of hydrogen-bond donors (Lipinski definition) is 0. The summed E-state index contributed by atoms with van der Waals surface area (Å²) in [5.41, 5.74) is 4.48. The van der Waals surface area contributed by atoms with Crippen LogP contribution in [-0.4, -0.2) is 37.1 Å². The van der Waals surface area contributed by atoms with Gasteiger partial charge in [0, 0.05) is 24.8 Å². The fourth-order valence-corrected chi connectivity index (χ4v) is 4.30. The fourth-order valence-electron chi connectivity index (χ4n) is 4.30. The second kappa shape index (κ2) is 13.1. The lowest BCUT2D eigenvalue weighted by atomic mass is 9.87. The zero-order valence-electron chi connectivity index (χ0n) is 17.3. The van der Waals surface area contributed by atoms with Gasteiger partial charge >= 0.3 is 0 Å². The molecule has 0 aliphatic heterocycles. The number of hydrogen-bond acceptors (Lipinski definition) is 2. The molecule has 1 unspecified atom stereocenters. The van der Waals surface area contributed by atoms with E-state index < -0.39 is 0 Å². The minimum absolute atomic E-state index is 0. The number of rotatable bonds is 9. The molecule has 156 valence electrons. The van der Waals surface area contributed by atoms with Gasteiger partial charge in [-0.1, -0.05) is 56.3 Å². The topological polar surface area (TPSA) is 6.48 Å². The first-order chi connectivity index (χ1) is 12.8. The van der Waals surface area contributed by atoms with Crippen LogP contribution in [0.1, 0.15) is 44.2 Å². The van der Waals surface area contributed by atoms with E-state index in [2.05, 4.69) is 78.2 Å². The summed E-state index contributed by atoms with van der Waals surface area (Å²) in [5, 5.41) is 0. The van der Waals surface area contributed by atoms with Crippen molar-refractivity contribution in [3.8, 4) is 0 Å². The fraction of sp³-hybridized carbons (Fsp3) is 0.500. The predicted molar refractivity (Wildman–Crippen MR) is 128 cm³/mol. The summed E-state index contributed by atoms with van der Waals surface area (Å²) in [6.07, 6.45) is 6.11. The molecule has 1 aliphatic rings. The van der Waals surface area contributed by atoms with E-state index >= 15 is 0 Å². The Bertz CT molecular complexity index is 657. The van der Waals surface area contributed by atoms with Crippen molar-refractivity contribution < 1.29 is 0 Å². The van der Waals surface area contributed by atoms with Crippen molar-refractivity contribution in [2.45, 2.75) is 52.0 Å². The average molecular weight is 423 g/mol. The highest BCUT2D eigenvalue weighted by Gasteiger charge is 2.24. The maximum absolute atomic E-state index is 2.67. The second-order valence-corrected chi connectivity index (χ2v) is 7.54. The maximum atomic E-state index is 2.67. The minimum atomic E-state index is 0. The maximum Gasteiger partial charge on any atom is 0.0369 e. The molecule has 28 heavy (non-hydrogen) atoms. The lowest BCUT2D eigenvalue weighted by Gasteiger charge is -2.38. The Hall–Kier alpha value is -1.22. The lowest BCUT2D eigenvalue weighted by molar-refractivity contribution is 0.276. The summed E-state index contributed by atoms with van der Waals surface area (Å²) in [6, 6.07) is 20.7. The molecule has 0 amide bonds. The van der Waals surface area contributed by atoms with Gasteiger partial charge in [-0.3, -0.25) is 0 Å². The molecule has 2 aromatic rings. The van der Waals surface area contributed by atoms with Crippen LogP contribution in [-0.2, 0) is 12.8 Å². The van der Waals surface area contributed by atoms with Crippen molar-refractivity contribution in [1.29, 1.82) is 0 Å². The summed E-state index contributed by atoms with van der Waals surface area (Å²) in [7, 11) is 0. The molecule has 4 heteroatoms. The van der Waals surface area contributed by atoms with Crippen molar-refractivity contribution in [1.82, 2.24) is 4.90 Å². The summed E-state index contributed by atoms with van der Waals surface area (Å²) in [5.74, 6) is 0. The van der Waals surface area contributed by atoms with Gasteiger partial charge in [0.1, 0.15) is 0 Å². The Morgan fingerprint density at radius 2 is 1.36 bits per heavy atom. The van der Waals surface area contributed by atoms with E-state index in [-0.39, 0.29) is 24.8 Å². The lowest BCUT2D eigenvalue weighted by Crippen LogP contribution is -2.44. The van der Waals surface area contributed by atoms with Gasteiger partial charge in [0.05, 0.1) is 0 Å². The van der Waals surface area contributed by atoms with E-state index in [9.17, 15) is 0 Å². The molecule has 0 N–H and O–H groups in total. The van der Waals surface area contributed by atoms with Crippen LogP contribution in [0.2, 0.25) is 0 Å². The summed E-state index contributed by atoms with van der Waals surface area (Å²) >= 11 is 0. The predicted octanol–water partition coefficient (Wildman–Crippen LogP) is 6.02. The first-order valence-corrected chi connectivity index (χ1v) is 10.4. The highest BCUT2D eigenvalue weighted by molar-refractivity contribution is 5.85. The molecule has 0 radical (unpaired) electrons. The van der Waals surface area contributed by atoms with Gasteiger partial charge in [-0.25, -0.2) is 0 Å². The number of para-hydroxylation sites is 1. The Morgan fingerprint density at radius 3 is 2.00 bits per heavy atom. The molecule has 0 fully saturated rings. The number of benzene rings is 2. The van der Waals surface area contributed by atoms with Gasteiger partial charge in [-0.2, -0.15) is 0 Å². The minimum Gasteiger partial charge on any atom is -0.367 e. The van der Waals surface area contributed by atoms with Crippen LogP contribution >= 0.6 is 24.8 Å². The van der Waals surface area contributed by atoms with Crippen molar-refractivity contribution in [2.24, 2.45) is 0 Å². The van der Waals surface area contributed by atoms with E-state index in [1.165, 1.54) is 50.9 Å². The molecule has 3 rings (SSSR count). The highest BCUT2D eigenvalue weighted by atomic mass is 35.5. The van der Waals surface area contributed by atoms with Crippen molar-refractivity contribution >= 4 is 30.5 Å². The summed E-state index contributed by atoms with van der Waals surface area (Å²) < 4.78 is 0. The number of halogens is 2. The first-order valence-electron chi connectivity index (χ1n) is 10.4. The molecule has 0 spiro atoms. The molecular formula is C24H36Cl2N2. The smallest absolute Gasteiger partial charge is 0.0369 e. The molecular weight excluding hydrogens is 387 g/mol. The quantitative estimate of drug-likeness (QED) is 0.487. The van der Waals surface area contributed by atoms with Gasteiger partial charge in [-0.15, -0.1) is 24.8 Å². The van der Waals surface area contributed by atoms with Gasteiger partial charge < -0.3 is 9.80 Å². The van der Waals surface area contributed by atoms with Crippen molar-refractivity contribution in [3.05, 3.63) is 65.7 Å². The van der Waals surface area contributed by atoms with Crippen LogP contribution in [0.25, 0.3) is 0 Å². The van der Waals surface area contributed by atoms with E-state index in [0.29, 0.717) is 6.04 Å². The third-order valence-electron chi connectivity index (χ3n) is 5.59. The molecule has 1 aliphatic carbocycles. The molecule has 2 nitrogen and oxygen atoms in total. The van der Waals surface area contributed by atoms with E-state index in [1.807, 2.05) is 0 Å². The molecule has 0 saturated heterocycles. The molecule has 0 heterocycles. The first kappa shape index (κ1) is 24.8. The zero-order valence-corrected chi connectivity index (χ0v) is 19.0. The Morgan fingerprint density at radius 1 is 0.750 bits per heavy atom. The van der Waals surface area contributed by atoms with Crippen LogP contribution in [0.3, 0.4) is 0 Å². The van der Waals surface area contributed by atoms with E-state index in [1.54, 1.807) is 11.1 Å². The summed E-state index contributed by atoms with van der Waals surface area (Å²) in [6.45, 7) is 9.28. The van der Waals surface area contributed by atoms with Gasteiger partial charge in [-0.05, 0) is 68.5 Å². The van der Waals surface area contributed by atoms with Gasteiger partial charge in [0.2, 0.25) is 0 Å². The van der Waals surface area contributed by atoms with E-state index in [4.69, 9.17) is 0 Å². The van der Waals surface area contributed by atoms with Crippen LogP contribution in [0.15, 0.2) is 54.6 Å². The Balaban J connectivity index is 0.00000196. The van der Waals surface area contributed by atoms with Crippen molar-refractivity contribution in [3.63, 3.8) is 0 Å². The zero-order chi connectivity index (χ0) is 18.2. The molecule has 0 saturated carbocycles. The van der Waals surface area contributed by atoms with Crippen LogP contribution in [0.4, 0.5) is 5.69 Å². The van der Waals surface area contributed by atoms with Gasteiger partial charge in [0.25, 0.3) is 0 Å².